The number of rotatable bonds is 2. The fourth-order valence-corrected chi connectivity index (χ4v) is 9.63. The van der Waals surface area contributed by atoms with Gasteiger partial charge in [0.1, 0.15) is 0 Å². The van der Waals surface area contributed by atoms with Gasteiger partial charge >= 0.3 is 0 Å². The van der Waals surface area contributed by atoms with Crippen molar-refractivity contribution in [2.45, 2.75) is 0 Å². The molecule has 5 aromatic heterocycles. The van der Waals surface area contributed by atoms with E-state index in [-0.39, 0.29) is 0 Å². The molecular weight excluding hydrogens is 633 g/mol. The van der Waals surface area contributed by atoms with Crippen LogP contribution < -0.4 is 0 Å². The van der Waals surface area contributed by atoms with Crippen molar-refractivity contribution in [1.29, 1.82) is 0 Å². The van der Waals surface area contributed by atoms with Crippen LogP contribution in [0.25, 0.3) is 110 Å². The van der Waals surface area contributed by atoms with Crippen LogP contribution in [0.2, 0.25) is 0 Å². The molecule has 0 spiro atoms. The summed E-state index contributed by atoms with van der Waals surface area (Å²) in [4.78, 5) is 0. The second-order valence-corrected chi connectivity index (χ2v) is 14.2. The van der Waals surface area contributed by atoms with Crippen LogP contribution in [0, 0.1) is 0 Å². The van der Waals surface area contributed by atoms with Crippen molar-refractivity contribution in [3.05, 3.63) is 170 Å². The standard InChI is InChI=1S/C48H28N4/c1-2-12-29(13-3-1)49-37-17-7-4-14-31(37)34-26-30(24-25-40(34)49)50-41-20-10-22-43-47(41)48-42(50)21-11-23-44(48)52-39-19-9-6-16-33(39)36-27-35-32-15-5-8-18-38(32)51(43)45(35)28-46(36)52/h1-28H. The van der Waals surface area contributed by atoms with Gasteiger partial charge in [0.2, 0.25) is 0 Å². The van der Waals surface area contributed by atoms with Crippen molar-refractivity contribution < 1.29 is 0 Å². The second-order valence-electron chi connectivity index (χ2n) is 14.2. The highest BCUT2D eigenvalue weighted by Gasteiger charge is 2.23. The second kappa shape index (κ2) is 9.39. The van der Waals surface area contributed by atoms with Gasteiger partial charge in [0.15, 0.2) is 0 Å². The first kappa shape index (κ1) is 26.8. The van der Waals surface area contributed by atoms with Crippen molar-refractivity contribution in [3.63, 3.8) is 0 Å². The largest absolute Gasteiger partial charge is 0.309 e. The molecule has 2 bridgehead atoms. The fourth-order valence-electron chi connectivity index (χ4n) is 9.63. The van der Waals surface area contributed by atoms with Gasteiger partial charge in [0.05, 0.1) is 55.2 Å². The summed E-state index contributed by atoms with van der Waals surface area (Å²) in [5.41, 5.74) is 14.4. The van der Waals surface area contributed by atoms with E-state index in [4.69, 9.17) is 0 Å². The first-order valence-corrected chi connectivity index (χ1v) is 18.0. The van der Waals surface area contributed by atoms with Gasteiger partial charge in [-0.2, -0.15) is 0 Å². The van der Waals surface area contributed by atoms with E-state index in [0.29, 0.717) is 0 Å². The number of hydrogen-bond acceptors (Lipinski definition) is 0. The van der Waals surface area contributed by atoms with E-state index in [9.17, 15) is 0 Å². The van der Waals surface area contributed by atoms with Gasteiger partial charge in [-0.3, -0.25) is 0 Å². The Morgan fingerprint density at radius 2 is 0.673 bits per heavy atom. The lowest BCUT2D eigenvalue weighted by Gasteiger charge is -2.11. The Bertz CT molecular complexity index is 3470. The van der Waals surface area contributed by atoms with Crippen molar-refractivity contribution in [3.8, 4) is 11.4 Å². The summed E-state index contributed by atoms with van der Waals surface area (Å²) in [5.74, 6) is 0. The zero-order chi connectivity index (χ0) is 33.7. The maximum Gasteiger partial charge on any atom is 0.0563 e. The van der Waals surface area contributed by atoms with Gasteiger partial charge in [-0.1, -0.05) is 84.9 Å². The van der Waals surface area contributed by atoms with E-state index in [1.807, 2.05) is 0 Å². The molecule has 240 valence electrons. The lowest BCUT2D eigenvalue weighted by atomic mass is 10.1. The molecule has 0 aliphatic heterocycles. The fraction of sp³-hybridized carbons (Fsp3) is 0. The third kappa shape index (κ3) is 3.15. The van der Waals surface area contributed by atoms with E-state index >= 15 is 0 Å². The van der Waals surface area contributed by atoms with E-state index < -0.39 is 0 Å². The van der Waals surface area contributed by atoms with Crippen LogP contribution in [0.5, 0.6) is 0 Å². The summed E-state index contributed by atoms with van der Waals surface area (Å²) in [5, 5.41) is 10.1. The third-order valence-electron chi connectivity index (χ3n) is 11.6. The molecule has 0 saturated carbocycles. The Kier molecular flexibility index (Phi) is 4.83. The molecule has 0 atom stereocenters. The maximum atomic E-state index is 2.51. The van der Waals surface area contributed by atoms with E-state index in [1.54, 1.807) is 0 Å². The third-order valence-corrected chi connectivity index (χ3v) is 11.6. The van der Waals surface area contributed by atoms with E-state index in [0.717, 1.165) is 5.69 Å². The highest BCUT2D eigenvalue weighted by atomic mass is 15.0. The highest BCUT2D eigenvalue weighted by Crippen LogP contribution is 2.44. The first-order valence-electron chi connectivity index (χ1n) is 18.0. The van der Waals surface area contributed by atoms with E-state index in [1.165, 1.54) is 104 Å². The summed E-state index contributed by atoms with van der Waals surface area (Å²) in [6.45, 7) is 0. The monoisotopic (exact) mass is 660 g/mol. The van der Waals surface area contributed by atoms with Crippen molar-refractivity contribution >= 4 is 98.3 Å². The number of fused-ring (bicyclic) bond motifs is 11. The quantitative estimate of drug-likeness (QED) is 0.176. The molecule has 4 nitrogen and oxygen atoms in total. The van der Waals surface area contributed by atoms with Crippen LogP contribution in [0.15, 0.2) is 170 Å². The van der Waals surface area contributed by atoms with Crippen LogP contribution in [0.1, 0.15) is 0 Å². The van der Waals surface area contributed by atoms with Gasteiger partial charge in [-0.05, 0) is 84.9 Å². The molecular formula is C48H28N4. The molecule has 0 aliphatic carbocycles. The van der Waals surface area contributed by atoms with Gasteiger partial charge < -0.3 is 17.9 Å². The lowest BCUT2D eigenvalue weighted by molar-refractivity contribution is 1.16. The van der Waals surface area contributed by atoms with Crippen LogP contribution in [-0.2, 0) is 0 Å². The zero-order valence-electron chi connectivity index (χ0n) is 28.0. The molecule has 13 aromatic rings. The van der Waals surface area contributed by atoms with Gasteiger partial charge in [0.25, 0.3) is 0 Å². The minimum Gasteiger partial charge on any atom is -0.309 e. The van der Waals surface area contributed by atoms with Gasteiger partial charge in [-0.25, -0.2) is 0 Å². The topological polar surface area (TPSA) is 18.7 Å². The first-order chi connectivity index (χ1) is 25.8. The average molecular weight is 661 g/mol. The Labute approximate surface area is 296 Å². The summed E-state index contributed by atoms with van der Waals surface area (Å²) in [7, 11) is 0. The molecule has 0 N–H and O–H groups in total. The number of nitrogens with zero attached hydrogens (tertiary/aromatic N) is 4. The SMILES string of the molecule is c1ccc(-n2c3ccccc3c3cc(-n4c5cccc6c5c5c4cccc5n4c5ccccc5c5cc7c8ccccc8n6c7cc54)ccc32)cc1. The molecule has 0 aliphatic rings. The summed E-state index contributed by atoms with van der Waals surface area (Å²) in [6, 6.07) is 62.9. The predicted molar refractivity (Wildman–Crippen MR) is 218 cm³/mol. The molecule has 0 radical (unpaired) electrons. The lowest BCUT2D eigenvalue weighted by Crippen LogP contribution is -1.96. The normalized spacial score (nSPS) is 12.6. The molecule has 13 rings (SSSR count). The van der Waals surface area contributed by atoms with Crippen LogP contribution in [0.4, 0.5) is 0 Å². The Morgan fingerprint density at radius 3 is 1.29 bits per heavy atom. The van der Waals surface area contributed by atoms with Crippen molar-refractivity contribution in [2.75, 3.05) is 0 Å². The number of hydrogen-bond donors (Lipinski definition) is 0. The predicted octanol–water partition coefficient (Wildman–Crippen LogP) is 12.4. The van der Waals surface area contributed by atoms with Gasteiger partial charge in [0, 0.05) is 54.5 Å². The molecule has 0 amide bonds. The zero-order valence-corrected chi connectivity index (χ0v) is 28.0. The molecule has 0 unspecified atom stereocenters. The smallest absolute Gasteiger partial charge is 0.0563 e. The number of para-hydroxylation sites is 4. The summed E-state index contributed by atoms with van der Waals surface area (Å²) >= 11 is 0. The maximum absolute atomic E-state index is 2.51. The molecule has 0 saturated heterocycles. The average Bonchev–Trinajstić information content (AvgIpc) is 3.92. The summed E-state index contributed by atoms with van der Waals surface area (Å²) in [6.07, 6.45) is 0. The number of aromatic nitrogens is 4. The summed E-state index contributed by atoms with van der Waals surface area (Å²) < 4.78 is 9.91. The van der Waals surface area contributed by atoms with Crippen molar-refractivity contribution in [1.82, 2.24) is 17.9 Å². The van der Waals surface area contributed by atoms with E-state index in [2.05, 4.69) is 188 Å². The highest BCUT2D eigenvalue weighted by molar-refractivity contribution is 6.26. The molecule has 0 fully saturated rings. The minimum atomic E-state index is 1.15. The minimum absolute atomic E-state index is 1.15. The van der Waals surface area contributed by atoms with Crippen LogP contribution in [0.3, 0.4) is 0 Å². The Morgan fingerprint density at radius 1 is 0.231 bits per heavy atom. The Hall–Kier alpha value is -7.04. The molecule has 5 heterocycles. The van der Waals surface area contributed by atoms with Crippen LogP contribution >= 0.6 is 0 Å². The van der Waals surface area contributed by atoms with Crippen molar-refractivity contribution in [2.24, 2.45) is 0 Å². The van der Waals surface area contributed by atoms with Crippen LogP contribution in [-0.4, -0.2) is 17.9 Å². The van der Waals surface area contributed by atoms with Gasteiger partial charge in [-0.15, -0.1) is 0 Å². The molecule has 4 heteroatoms. The number of benzene rings is 8. The molecule has 52 heavy (non-hydrogen) atoms. The molecule has 8 aromatic carbocycles. The Balaban J connectivity index is 1.27.